The number of hydrogen-bond donors (Lipinski definition) is 3. The Morgan fingerprint density at radius 1 is 1.09 bits per heavy atom. The summed E-state index contributed by atoms with van der Waals surface area (Å²) in [7, 11) is -3.94. The molecule has 2 saturated carbocycles. The van der Waals surface area contributed by atoms with Crippen molar-refractivity contribution >= 4 is 39.5 Å². The lowest BCUT2D eigenvalue weighted by Crippen LogP contribution is -2.57. The van der Waals surface area contributed by atoms with Gasteiger partial charge in [0.15, 0.2) is 0 Å². The van der Waals surface area contributed by atoms with Crippen LogP contribution in [0.2, 0.25) is 0 Å². The van der Waals surface area contributed by atoms with Crippen molar-refractivity contribution in [3.05, 3.63) is 42.2 Å². The van der Waals surface area contributed by atoms with Crippen molar-refractivity contribution in [3.63, 3.8) is 0 Å². The van der Waals surface area contributed by atoms with E-state index in [2.05, 4.69) is 22.3 Å². The van der Waals surface area contributed by atoms with E-state index in [1.54, 1.807) is 6.92 Å². The predicted molar refractivity (Wildman–Crippen MR) is 160 cm³/mol. The molecule has 44 heavy (non-hydrogen) atoms. The minimum absolute atomic E-state index is 0.00618. The Morgan fingerprint density at radius 2 is 1.80 bits per heavy atom. The van der Waals surface area contributed by atoms with Crippen molar-refractivity contribution in [2.75, 3.05) is 11.9 Å². The molecule has 2 aliphatic heterocycles. The van der Waals surface area contributed by atoms with Gasteiger partial charge in [-0.15, -0.1) is 0 Å². The van der Waals surface area contributed by atoms with Crippen LogP contribution < -0.4 is 15.4 Å². The van der Waals surface area contributed by atoms with Crippen LogP contribution in [0.4, 0.5) is 14.9 Å². The fourth-order valence-corrected chi connectivity index (χ4v) is 7.56. The molecule has 11 nitrogen and oxygen atoms in total. The number of rotatable bonds is 5. The average molecular weight is 633 g/mol. The fraction of sp³-hybridized carbons (Fsp3) is 0.613. The molecule has 1 aromatic carbocycles. The third-order valence-electron chi connectivity index (χ3n) is 9.37. The lowest BCUT2D eigenvalue weighted by atomic mass is 9.91. The highest BCUT2D eigenvalue weighted by Gasteiger charge is 2.63. The molecule has 0 aromatic heterocycles. The number of fused-ring (bicyclic) bond motifs is 2. The van der Waals surface area contributed by atoms with Crippen LogP contribution in [0.25, 0.3) is 0 Å². The third kappa shape index (κ3) is 6.92. The summed E-state index contributed by atoms with van der Waals surface area (Å²) in [5, 5.41) is 5.33. The molecule has 6 atom stereocenters. The Kier molecular flexibility index (Phi) is 8.80. The first kappa shape index (κ1) is 31.9. The lowest BCUT2D eigenvalue weighted by Gasteiger charge is -2.27. The molecule has 4 amide bonds. The van der Waals surface area contributed by atoms with Crippen LogP contribution in [0.5, 0.6) is 0 Å². The third-order valence-corrected chi connectivity index (χ3v) is 11.5. The van der Waals surface area contributed by atoms with Gasteiger partial charge in [0.1, 0.15) is 23.5 Å². The Morgan fingerprint density at radius 3 is 2.48 bits per heavy atom. The number of ether oxygens (including phenoxy) is 1. The maximum absolute atomic E-state index is 13.8. The molecule has 1 saturated heterocycles. The van der Waals surface area contributed by atoms with Gasteiger partial charge >= 0.3 is 6.09 Å². The molecule has 2 heterocycles. The molecule has 13 heteroatoms. The normalized spacial score (nSPS) is 32.5. The number of hydrogen-bond acceptors (Lipinski definition) is 7. The number of carbonyl (C=O) groups excluding carboxylic acids is 4. The highest BCUT2D eigenvalue weighted by atomic mass is 32.2. The van der Waals surface area contributed by atoms with Crippen LogP contribution in [-0.4, -0.2) is 66.1 Å². The Balaban J connectivity index is 1.36. The van der Waals surface area contributed by atoms with Crippen LogP contribution >= 0.6 is 0 Å². The number of sulfonamides is 1. The Labute approximate surface area is 257 Å². The van der Waals surface area contributed by atoms with Gasteiger partial charge in [-0.2, -0.15) is 0 Å². The number of carbonyl (C=O) groups is 4. The summed E-state index contributed by atoms with van der Waals surface area (Å²) in [4.78, 5) is 54.9. The van der Waals surface area contributed by atoms with E-state index >= 15 is 0 Å². The minimum Gasteiger partial charge on any atom is -0.444 e. The lowest BCUT2D eigenvalue weighted by molar-refractivity contribution is -0.140. The number of allylic oxidation sites excluding steroid dienone is 1. The summed E-state index contributed by atoms with van der Waals surface area (Å²) < 4.78 is 45.8. The summed E-state index contributed by atoms with van der Waals surface area (Å²) >= 11 is 0. The topological polar surface area (TPSA) is 151 Å². The number of halogens is 1. The van der Waals surface area contributed by atoms with E-state index in [0.717, 1.165) is 19.3 Å². The number of nitrogens with one attached hydrogen (secondary N) is 3. The van der Waals surface area contributed by atoms with Gasteiger partial charge in [-0.3, -0.25) is 24.4 Å². The molecule has 1 aromatic rings. The molecule has 0 spiro atoms. The SMILES string of the molecule is C[C@@H]1CC/C=C\C2C[C@@]2(C(=O)NS(=O)(=O)C2(C)CC2)NC(=O)[C@@H]2C[C@@H](OC(=O)Nc3ccc(F)cc3)CN2C(=O)C[C@H](C)C1. The molecule has 0 radical (unpaired) electrons. The zero-order valence-corrected chi connectivity index (χ0v) is 26.1. The second-order valence-electron chi connectivity index (χ2n) is 13.3. The van der Waals surface area contributed by atoms with Crippen molar-refractivity contribution < 1.29 is 36.7 Å². The van der Waals surface area contributed by atoms with E-state index in [4.69, 9.17) is 4.74 Å². The average Bonchev–Trinajstić information content (AvgIpc) is 3.82. The van der Waals surface area contributed by atoms with Crippen LogP contribution in [-0.2, 0) is 29.1 Å². The molecule has 1 unspecified atom stereocenters. The summed E-state index contributed by atoms with van der Waals surface area (Å²) in [5.74, 6) is -2.15. The second kappa shape index (κ2) is 12.1. The van der Waals surface area contributed by atoms with Crippen LogP contribution in [0.3, 0.4) is 0 Å². The fourth-order valence-electron chi connectivity index (χ4n) is 6.25. The Bertz CT molecular complexity index is 1440. The highest BCUT2D eigenvalue weighted by molar-refractivity contribution is 7.91. The molecule has 240 valence electrons. The molecule has 2 aliphatic carbocycles. The van der Waals surface area contributed by atoms with Crippen molar-refractivity contribution in [1.29, 1.82) is 0 Å². The van der Waals surface area contributed by atoms with E-state index in [1.165, 1.54) is 29.2 Å². The Hall–Kier alpha value is -3.48. The van der Waals surface area contributed by atoms with E-state index in [-0.39, 0.29) is 37.6 Å². The highest BCUT2D eigenvalue weighted by Crippen LogP contribution is 2.47. The number of amides is 4. The van der Waals surface area contributed by atoms with Gasteiger partial charge in [0.05, 0.1) is 11.3 Å². The monoisotopic (exact) mass is 632 g/mol. The number of anilines is 1. The first-order valence-corrected chi connectivity index (χ1v) is 16.8. The maximum Gasteiger partial charge on any atom is 0.411 e. The summed E-state index contributed by atoms with van der Waals surface area (Å²) in [6, 6.07) is 4.10. The largest absolute Gasteiger partial charge is 0.444 e. The summed E-state index contributed by atoms with van der Waals surface area (Å²) in [6.45, 7) is 5.67. The number of nitrogens with zero attached hydrogens (tertiary/aromatic N) is 1. The van der Waals surface area contributed by atoms with Crippen molar-refractivity contribution in [2.45, 2.75) is 94.6 Å². The van der Waals surface area contributed by atoms with Gasteiger partial charge in [0, 0.05) is 24.4 Å². The van der Waals surface area contributed by atoms with Gasteiger partial charge in [0.25, 0.3) is 5.91 Å². The quantitative estimate of drug-likeness (QED) is 0.420. The first-order valence-electron chi connectivity index (χ1n) is 15.3. The van der Waals surface area contributed by atoms with Gasteiger partial charge < -0.3 is 15.0 Å². The van der Waals surface area contributed by atoms with Gasteiger partial charge in [-0.05, 0) is 81.5 Å². The second-order valence-corrected chi connectivity index (χ2v) is 15.5. The van der Waals surface area contributed by atoms with E-state index in [0.29, 0.717) is 24.4 Å². The summed E-state index contributed by atoms with van der Waals surface area (Å²) in [5.41, 5.74) is -1.16. The first-order chi connectivity index (χ1) is 20.7. The van der Waals surface area contributed by atoms with Crippen LogP contribution in [0.15, 0.2) is 36.4 Å². The van der Waals surface area contributed by atoms with Crippen LogP contribution in [0, 0.1) is 23.6 Å². The van der Waals surface area contributed by atoms with E-state index in [9.17, 15) is 32.0 Å². The molecular weight excluding hydrogens is 591 g/mol. The molecular formula is C31H41FN4O7S. The molecule has 0 bridgehead atoms. The molecule has 3 fully saturated rings. The zero-order valence-electron chi connectivity index (χ0n) is 25.3. The van der Waals surface area contributed by atoms with Gasteiger partial charge in [0.2, 0.25) is 21.8 Å². The smallest absolute Gasteiger partial charge is 0.411 e. The summed E-state index contributed by atoms with van der Waals surface area (Å²) in [6.07, 6.45) is 5.96. The predicted octanol–water partition coefficient (Wildman–Crippen LogP) is 3.62. The van der Waals surface area contributed by atoms with Gasteiger partial charge in [-0.25, -0.2) is 17.6 Å². The molecule has 3 N–H and O–H groups in total. The number of benzene rings is 1. The van der Waals surface area contributed by atoms with E-state index in [1.807, 2.05) is 19.1 Å². The molecule has 4 aliphatic rings. The maximum atomic E-state index is 13.8. The van der Waals surface area contributed by atoms with E-state index < -0.39 is 62.1 Å². The standard InChI is InChI=1S/C31H41FN4O7S/c1-19-6-4-5-7-21-17-31(21,28(39)35-44(41,42)30(3)12-13-30)34-27(38)25-16-24(18-36(25)26(37)15-20(2)14-19)43-29(40)33-23-10-8-22(32)9-11-23/h5,7-11,19-21,24-25H,4,6,12-18H2,1-3H3,(H,33,40)(H,34,38)(H,35,39)/b7-5-/t19-,20-,21?,24-,25+,31-/m1/s1. The molecule has 5 rings (SSSR count). The minimum atomic E-state index is -3.94. The van der Waals surface area contributed by atoms with Crippen molar-refractivity contribution in [1.82, 2.24) is 14.9 Å². The van der Waals surface area contributed by atoms with Gasteiger partial charge in [-0.1, -0.05) is 26.0 Å². The zero-order chi connectivity index (χ0) is 31.9. The van der Waals surface area contributed by atoms with Crippen molar-refractivity contribution in [3.8, 4) is 0 Å². The van der Waals surface area contributed by atoms with Crippen LogP contribution in [0.1, 0.15) is 72.1 Å². The van der Waals surface area contributed by atoms with Crippen molar-refractivity contribution in [2.24, 2.45) is 17.8 Å².